The van der Waals surface area contributed by atoms with Crippen molar-refractivity contribution in [3.8, 4) is 11.5 Å². The zero-order valence-electron chi connectivity index (χ0n) is 17.3. The Hall–Kier alpha value is -2.28. The molecule has 2 amide bonds. The summed E-state index contributed by atoms with van der Waals surface area (Å²) in [5.74, 6) is 1.67. The quantitative estimate of drug-likeness (QED) is 0.731. The third kappa shape index (κ3) is 4.50. The van der Waals surface area contributed by atoms with Gasteiger partial charge in [0.05, 0.1) is 25.3 Å². The molecule has 1 saturated carbocycles. The Morgan fingerprint density at radius 1 is 1.14 bits per heavy atom. The van der Waals surface area contributed by atoms with E-state index in [1.165, 1.54) is 0 Å². The molecule has 1 atom stereocenters. The van der Waals surface area contributed by atoms with E-state index in [1.54, 1.807) is 18.1 Å². The van der Waals surface area contributed by atoms with Gasteiger partial charge in [-0.3, -0.25) is 9.59 Å². The number of benzene rings is 1. The Balaban J connectivity index is 1.44. The van der Waals surface area contributed by atoms with Crippen LogP contribution in [-0.4, -0.2) is 74.2 Å². The number of nitrogens with zero attached hydrogens (tertiary/aromatic N) is 2. The molecule has 2 saturated heterocycles. The molecule has 1 aliphatic carbocycles. The molecule has 0 radical (unpaired) electrons. The van der Waals surface area contributed by atoms with Crippen molar-refractivity contribution in [1.29, 1.82) is 0 Å². The number of likely N-dealkylation sites (tertiary alicyclic amines) is 1. The molecule has 1 unspecified atom stereocenters. The number of amides is 2. The fraction of sp³-hybridized carbons (Fsp3) is 0.636. The molecule has 4 rings (SSSR count). The molecule has 158 valence electrons. The summed E-state index contributed by atoms with van der Waals surface area (Å²) in [4.78, 5) is 29.1. The van der Waals surface area contributed by atoms with Crippen LogP contribution in [0.3, 0.4) is 0 Å². The predicted octanol–water partition coefficient (Wildman–Crippen LogP) is 2.34. The van der Waals surface area contributed by atoms with Crippen LogP contribution in [0.5, 0.6) is 11.5 Å². The van der Waals surface area contributed by atoms with Crippen molar-refractivity contribution in [3.05, 3.63) is 23.8 Å². The van der Waals surface area contributed by atoms with Gasteiger partial charge in [-0.25, -0.2) is 0 Å². The van der Waals surface area contributed by atoms with Gasteiger partial charge in [0.15, 0.2) is 0 Å². The maximum absolute atomic E-state index is 13.2. The summed E-state index contributed by atoms with van der Waals surface area (Å²) in [5.41, 5.74) is 0.509. The number of rotatable bonds is 6. The van der Waals surface area contributed by atoms with Crippen molar-refractivity contribution >= 4 is 11.8 Å². The average molecular weight is 402 g/mol. The van der Waals surface area contributed by atoms with Crippen LogP contribution < -0.4 is 9.47 Å². The van der Waals surface area contributed by atoms with Gasteiger partial charge in [-0.1, -0.05) is 0 Å². The lowest BCUT2D eigenvalue weighted by Gasteiger charge is -2.33. The van der Waals surface area contributed by atoms with Crippen LogP contribution in [0.25, 0.3) is 0 Å². The second kappa shape index (κ2) is 8.61. The Morgan fingerprint density at radius 2 is 1.90 bits per heavy atom. The highest BCUT2D eigenvalue weighted by Gasteiger charge is 2.35. The van der Waals surface area contributed by atoms with Crippen LogP contribution in [0.4, 0.5) is 0 Å². The third-order valence-electron chi connectivity index (χ3n) is 6.16. The SMILES string of the molecule is COc1ccc(OC2CCN(C(=O)C3CC3)CC2)c(C(=O)N(C)C2CCOC2)c1. The molecule has 3 fully saturated rings. The highest BCUT2D eigenvalue weighted by molar-refractivity contribution is 5.97. The zero-order valence-corrected chi connectivity index (χ0v) is 17.3. The first-order valence-corrected chi connectivity index (χ1v) is 10.5. The minimum Gasteiger partial charge on any atom is -0.497 e. The summed E-state index contributed by atoms with van der Waals surface area (Å²) in [6.07, 6.45) is 4.47. The standard InChI is InChI=1S/C22H30N2O5/c1-23(16-9-12-28-14-16)22(26)19-13-18(27-2)5-6-20(19)29-17-7-10-24(11-8-17)21(25)15-3-4-15/h5-6,13,15-17H,3-4,7-12,14H2,1-2H3. The van der Waals surface area contributed by atoms with Crippen LogP contribution in [0.1, 0.15) is 42.5 Å². The number of piperidine rings is 1. The first-order valence-electron chi connectivity index (χ1n) is 10.5. The summed E-state index contributed by atoms with van der Waals surface area (Å²) < 4.78 is 17.0. The molecular weight excluding hydrogens is 372 g/mol. The lowest BCUT2D eigenvalue weighted by atomic mass is 10.1. The van der Waals surface area contributed by atoms with Crippen molar-refractivity contribution in [3.63, 3.8) is 0 Å². The average Bonchev–Trinajstić information content (AvgIpc) is 3.46. The van der Waals surface area contributed by atoms with Crippen LogP contribution in [-0.2, 0) is 9.53 Å². The van der Waals surface area contributed by atoms with Crippen LogP contribution in [0.15, 0.2) is 18.2 Å². The molecule has 7 nitrogen and oxygen atoms in total. The van der Waals surface area contributed by atoms with Crippen molar-refractivity contribution < 1.29 is 23.8 Å². The summed E-state index contributed by atoms with van der Waals surface area (Å²) in [7, 11) is 3.40. The lowest BCUT2D eigenvalue weighted by molar-refractivity contribution is -0.134. The van der Waals surface area contributed by atoms with E-state index in [1.807, 2.05) is 24.1 Å². The monoisotopic (exact) mass is 402 g/mol. The summed E-state index contributed by atoms with van der Waals surface area (Å²) in [6, 6.07) is 5.46. The maximum Gasteiger partial charge on any atom is 0.257 e. The van der Waals surface area contributed by atoms with Crippen LogP contribution in [0, 0.1) is 5.92 Å². The zero-order chi connectivity index (χ0) is 20.4. The van der Waals surface area contributed by atoms with Gasteiger partial charge in [-0.05, 0) is 37.5 Å². The first-order chi connectivity index (χ1) is 14.1. The minimum absolute atomic E-state index is 0.00156. The van der Waals surface area contributed by atoms with Crippen LogP contribution in [0.2, 0.25) is 0 Å². The molecule has 7 heteroatoms. The summed E-state index contributed by atoms with van der Waals surface area (Å²) >= 11 is 0. The molecule has 2 aliphatic heterocycles. The molecule has 2 heterocycles. The lowest BCUT2D eigenvalue weighted by Crippen LogP contribution is -2.42. The molecular formula is C22H30N2O5. The molecule has 3 aliphatic rings. The van der Waals surface area contributed by atoms with Gasteiger partial charge in [0.2, 0.25) is 5.91 Å². The van der Waals surface area contributed by atoms with E-state index in [9.17, 15) is 9.59 Å². The first kappa shape index (κ1) is 20.0. The highest BCUT2D eigenvalue weighted by atomic mass is 16.5. The van der Waals surface area contributed by atoms with E-state index >= 15 is 0 Å². The van der Waals surface area contributed by atoms with Gasteiger partial charge in [0.1, 0.15) is 17.6 Å². The molecule has 0 aromatic heterocycles. The Bertz CT molecular complexity index is 750. The fourth-order valence-corrected chi connectivity index (χ4v) is 4.05. The van der Waals surface area contributed by atoms with Gasteiger partial charge in [0.25, 0.3) is 5.91 Å². The number of carbonyl (C=O) groups is 2. The number of ether oxygens (including phenoxy) is 3. The van der Waals surface area contributed by atoms with Crippen molar-refractivity contribution in [1.82, 2.24) is 9.80 Å². The smallest absolute Gasteiger partial charge is 0.257 e. The Morgan fingerprint density at radius 3 is 2.52 bits per heavy atom. The van der Waals surface area contributed by atoms with Gasteiger partial charge in [-0.2, -0.15) is 0 Å². The normalized spacial score (nSPS) is 22.4. The van der Waals surface area contributed by atoms with Crippen molar-refractivity contribution in [2.45, 2.75) is 44.2 Å². The molecule has 29 heavy (non-hydrogen) atoms. The van der Waals surface area contributed by atoms with Crippen molar-refractivity contribution in [2.75, 3.05) is 40.5 Å². The third-order valence-corrected chi connectivity index (χ3v) is 6.16. The van der Waals surface area contributed by atoms with E-state index in [-0.39, 0.29) is 24.0 Å². The second-order valence-electron chi connectivity index (χ2n) is 8.21. The molecule has 1 aromatic rings. The van der Waals surface area contributed by atoms with E-state index in [4.69, 9.17) is 14.2 Å². The number of hydrogen-bond acceptors (Lipinski definition) is 5. The van der Waals surface area contributed by atoms with Crippen molar-refractivity contribution in [2.24, 2.45) is 5.92 Å². The second-order valence-corrected chi connectivity index (χ2v) is 8.21. The molecule has 1 aromatic carbocycles. The topological polar surface area (TPSA) is 68.3 Å². The van der Waals surface area contributed by atoms with Gasteiger partial charge < -0.3 is 24.0 Å². The number of methoxy groups -OCH3 is 1. The number of likely N-dealkylation sites (N-methyl/N-ethyl adjacent to an activating group) is 1. The van der Waals surface area contributed by atoms with Crippen LogP contribution >= 0.6 is 0 Å². The largest absolute Gasteiger partial charge is 0.497 e. The van der Waals surface area contributed by atoms with E-state index < -0.39 is 0 Å². The Labute approximate surface area is 171 Å². The summed E-state index contributed by atoms with van der Waals surface area (Å²) in [6.45, 7) is 2.69. The fourth-order valence-electron chi connectivity index (χ4n) is 4.05. The van der Waals surface area contributed by atoms with Gasteiger partial charge >= 0.3 is 0 Å². The van der Waals surface area contributed by atoms with E-state index in [2.05, 4.69) is 0 Å². The highest BCUT2D eigenvalue weighted by Crippen LogP contribution is 2.33. The predicted molar refractivity (Wildman–Crippen MR) is 107 cm³/mol. The number of carbonyl (C=O) groups excluding carboxylic acids is 2. The molecule has 0 bridgehead atoms. The summed E-state index contributed by atoms with van der Waals surface area (Å²) in [5, 5.41) is 0. The van der Waals surface area contributed by atoms with Gasteiger partial charge in [-0.15, -0.1) is 0 Å². The molecule has 0 N–H and O–H groups in total. The van der Waals surface area contributed by atoms with E-state index in [0.29, 0.717) is 36.2 Å². The minimum atomic E-state index is -0.0873. The van der Waals surface area contributed by atoms with E-state index in [0.717, 1.165) is 45.2 Å². The van der Waals surface area contributed by atoms with Gasteiger partial charge in [0, 0.05) is 45.5 Å². The Kier molecular flexibility index (Phi) is 5.94. The maximum atomic E-state index is 13.2. The number of hydrogen-bond donors (Lipinski definition) is 0. The molecule has 0 spiro atoms.